The SMILES string of the molecule is CCN(CC)C(=O)CNC(=O)c1cc(C)nc(Cl)c1. The van der Waals surface area contributed by atoms with Crippen molar-refractivity contribution in [2.24, 2.45) is 0 Å². The standard InChI is InChI=1S/C13H18ClN3O2/c1-4-17(5-2)12(18)8-15-13(19)10-6-9(3)16-11(14)7-10/h6-7H,4-5,8H2,1-3H3,(H,15,19). The molecule has 5 nitrogen and oxygen atoms in total. The number of pyridine rings is 1. The molecule has 2 amide bonds. The number of halogens is 1. The summed E-state index contributed by atoms with van der Waals surface area (Å²) in [6, 6.07) is 3.11. The predicted octanol–water partition coefficient (Wildman–Crippen LogP) is 1.64. The maximum absolute atomic E-state index is 11.9. The maximum Gasteiger partial charge on any atom is 0.251 e. The fourth-order valence-electron chi connectivity index (χ4n) is 1.71. The average molecular weight is 284 g/mol. The molecule has 0 aliphatic heterocycles. The number of nitrogens with one attached hydrogen (secondary N) is 1. The molecule has 1 aromatic rings. The van der Waals surface area contributed by atoms with E-state index in [0.29, 0.717) is 24.3 Å². The lowest BCUT2D eigenvalue weighted by Gasteiger charge is -2.18. The number of likely N-dealkylation sites (N-methyl/N-ethyl adjacent to an activating group) is 1. The van der Waals surface area contributed by atoms with Gasteiger partial charge in [-0.3, -0.25) is 9.59 Å². The third-order valence-corrected chi connectivity index (χ3v) is 2.89. The van der Waals surface area contributed by atoms with Crippen LogP contribution in [-0.2, 0) is 4.79 Å². The summed E-state index contributed by atoms with van der Waals surface area (Å²) in [7, 11) is 0. The monoisotopic (exact) mass is 283 g/mol. The summed E-state index contributed by atoms with van der Waals surface area (Å²) in [4.78, 5) is 29.3. The minimum absolute atomic E-state index is 0.0144. The van der Waals surface area contributed by atoms with Crippen LogP contribution in [0.4, 0.5) is 0 Å². The zero-order valence-corrected chi connectivity index (χ0v) is 12.1. The van der Waals surface area contributed by atoms with Crippen molar-refractivity contribution in [3.8, 4) is 0 Å². The highest BCUT2D eigenvalue weighted by molar-refractivity contribution is 6.29. The van der Waals surface area contributed by atoms with Crippen molar-refractivity contribution in [3.05, 3.63) is 28.5 Å². The number of carbonyl (C=O) groups is 2. The molecule has 0 saturated carbocycles. The van der Waals surface area contributed by atoms with Crippen LogP contribution in [0.15, 0.2) is 12.1 Å². The molecule has 0 saturated heterocycles. The quantitative estimate of drug-likeness (QED) is 0.836. The van der Waals surface area contributed by atoms with E-state index < -0.39 is 0 Å². The molecule has 19 heavy (non-hydrogen) atoms. The van der Waals surface area contributed by atoms with E-state index in [1.54, 1.807) is 17.9 Å². The zero-order chi connectivity index (χ0) is 14.4. The van der Waals surface area contributed by atoms with Crippen molar-refractivity contribution >= 4 is 23.4 Å². The number of rotatable bonds is 5. The highest BCUT2D eigenvalue weighted by atomic mass is 35.5. The first-order chi connectivity index (χ1) is 8.97. The molecule has 0 atom stereocenters. The molecule has 0 radical (unpaired) electrons. The Bertz CT molecular complexity index is 453. The second-order valence-electron chi connectivity index (χ2n) is 4.07. The zero-order valence-electron chi connectivity index (χ0n) is 11.4. The fraction of sp³-hybridized carbons (Fsp3) is 0.462. The number of aromatic nitrogens is 1. The Kier molecular flexibility index (Phi) is 5.76. The van der Waals surface area contributed by atoms with E-state index in [-0.39, 0.29) is 23.5 Å². The second kappa shape index (κ2) is 7.09. The van der Waals surface area contributed by atoms with E-state index in [0.717, 1.165) is 0 Å². The smallest absolute Gasteiger partial charge is 0.251 e. The van der Waals surface area contributed by atoms with Gasteiger partial charge in [-0.1, -0.05) is 11.6 Å². The van der Waals surface area contributed by atoms with Gasteiger partial charge < -0.3 is 10.2 Å². The molecular weight excluding hydrogens is 266 g/mol. The summed E-state index contributed by atoms with van der Waals surface area (Å²) >= 11 is 5.79. The lowest BCUT2D eigenvalue weighted by molar-refractivity contribution is -0.129. The van der Waals surface area contributed by atoms with Gasteiger partial charge in [0.05, 0.1) is 6.54 Å². The van der Waals surface area contributed by atoms with E-state index in [1.807, 2.05) is 13.8 Å². The van der Waals surface area contributed by atoms with Crippen molar-refractivity contribution in [3.63, 3.8) is 0 Å². The largest absolute Gasteiger partial charge is 0.343 e. The molecule has 0 spiro atoms. The van der Waals surface area contributed by atoms with Crippen molar-refractivity contribution in [1.29, 1.82) is 0 Å². The fourth-order valence-corrected chi connectivity index (χ4v) is 1.96. The number of hydrogen-bond acceptors (Lipinski definition) is 3. The number of nitrogens with zero attached hydrogens (tertiary/aromatic N) is 2. The van der Waals surface area contributed by atoms with E-state index in [9.17, 15) is 9.59 Å². The third-order valence-electron chi connectivity index (χ3n) is 2.70. The molecule has 0 bridgehead atoms. The predicted molar refractivity (Wildman–Crippen MR) is 74.2 cm³/mol. The van der Waals surface area contributed by atoms with Gasteiger partial charge in [0.1, 0.15) is 5.15 Å². The second-order valence-corrected chi connectivity index (χ2v) is 4.46. The number of aryl methyl sites for hydroxylation is 1. The summed E-state index contributed by atoms with van der Waals surface area (Å²) in [6.07, 6.45) is 0. The third kappa shape index (κ3) is 4.52. The van der Waals surface area contributed by atoms with Crippen LogP contribution in [0.2, 0.25) is 5.15 Å². The minimum atomic E-state index is -0.326. The van der Waals surface area contributed by atoms with Crippen LogP contribution in [0.1, 0.15) is 29.9 Å². The Morgan fingerprint density at radius 2 is 1.95 bits per heavy atom. The van der Waals surface area contributed by atoms with Gasteiger partial charge >= 0.3 is 0 Å². The van der Waals surface area contributed by atoms with E-state index >= 15 is 0 Å². The Labute approximate surface area is 118 Å². The maximum atomic E-state index is 11.9. The van der Waals surface area contributed by atoms with E-state index in [1.165, 1.54) is 6.07 Å². The van der Waals surface area contributed by atoms with Gasteiger partial charge in [-0.25, -0.2) is 4.98 Å². The summed E-state index contributed by atoms with van der Waals surface area (Å²) in [5.41, 5.74) is 1.07. The van der Waals surface area contributed by atoms with Gasteiger partial charge in [0, 0.05) is 24.3 Å². The van der Waals surface area contributed by atoms with Gasteiger partial charge in [0.15, 0.2) is 0 Å². The normalized spacial score (nSPS) is 10.1. The first kappa shape index (κ1) is 15.4. The molecule has 1 heterocycles. The van der Waals surface area contributed by atoms with Crippen LogP contribution >= 0.6 is 11.6 Å². The number of hydrogen-bond donors (Lipinski definition) is 1. The van der Waals surface area contributed by atoms with Gasteiger partial charge in [0.25, 0.3) is 5.91 Å². The molecule has 1 aromatic heterocycles. The van der Waals surface area contributed by atoms with E-state index in [2.05, 4.69) is 10.3 Å². The van der Waals surface area contributed by atoms with Crippen molar-refractivity contribution in [2.45, 2.75) is 20.8 Å². The minimum Gasteiger partial charge on any atom is -0.343 e. The van der Waals surface area contributed by atoms with Crippen molar-refractivity contribution < 1.29 is 9.59 Å². The Morgan fingerprint density at radius 1 is 1.32 bits per heavy atom. The van der Waals surface area contributed by atoms with Crippen LogP contribution in [0.3, 0.4) is 0 Å². The Balaban J connectivity index is 2.63. The number of carbonyl (C=O) groups excluding carboxylic acids is 2. The molecule has 0 unspecified atom stereocenters. The molecule has 1 N–H and O–H groups in total. The molecule has 6 heteroatoms. The highest BCUT2D eigenvalue weighted by Gasteiger charge is 2.13. The van der Waals surface area contributed by atoms with Gasteiger partial charge in [-0.05, 0) is 32.9 Å². The van der Waals surface area contributed by atoms with Gasteiger partial charge in [0.2, 0.25) is 5.91 Å². The summed E-state index contributed by atoms with van der Waals surface area (Å²) < 4.78 is 0. The highest BCUT2D eigenvalue weighted by Crippen LogP contribution is 2.10. The van der Waals surface area contributed by atoms with Gasteiger partial charge in [-0.2, -0.15) is 0 Å². The van der Waals surface area contributed by atoms with Crippen molar-refractivity contribution in [2.75, 3.05) is 19.6 Å². The van der Waals surface area contributed by atoms with Crippen LogP contribution in [0, 0.1) is 6.92 Å². The summed E-state index contributed by atoms with van der Waals surface area (Å²) in [6.45, 7) is 6.80. The average Bonchev–Trinajstić information content (AvgIpc) is 2.36. The van der Waals surface area contributed by atoms with Crippen LogP contribution < -0.4 is 5.32 Å². The van der Waals surface area contributed by atoms with Crippen molar-refractivity contribution in [1.82, 2.24) is 15.2 Å². The topological polar surface area (TPSA) is 62.3 Å². The Morgan fingerprint density at radius 3 is 2.47 bits per heavy atom. The summed E-state index contributed by atoms with van der Waals surface area (Å²) in [5, 5.41) is 2.85. The van der Waals surface area contributed by atoms with Crippen LogP contribution in [-0.4, -0.2) is 41.3 Å². The Hall–Kier alpha value is -1.62. The molecule has 1 rings (SSSR count). The molecule has 0 aliphatic rings. The number of amides is 2. The molecular formula is C13H18ClN3O2. The lowest BCUT2D eigenvalue weighted by atomic mass is 10.2. The van der Waals surface area contributed by atoms with E-state index in [4.69, 9.17) is 11.6 Å². The van der Waals surface area contributed by atoms with Crippen LogP contribution in [0.25, 0.3) is 0 Å². The lowest BCUT2D eigenvalue weighted by Crippen LogP contribution is -2.40. The molecule has 0 fully saturated rings. The van der Waals surface area contributed by atoms with Gasteiger partial charge in [-0.15, -0.1) is 0 Å². The molecule has 0 aromatic carbocycles. The molecule has 0 aliphatic carbocycles. The molecule has 104 valence electrons. The summed E-state index contributed by atoms with van der Waals surface area (Å²) in [5.74, 6) is -0.428. The first-order valence-corrected chi connectivity index (χ1v) is 6.55. The van der Waals surface area contributed by atoms with Crippen LogP contribution in [0.5, 0.6) is 0 Å². The first-order valence-electron chi connectivity index (χ1n) is 6.18.